The minimum Gasteiger partial charge on any atom is -0.481 e. The molecule has 0 heterocycles. The van der Waals surface area contributed by atoms with E-state index in [1.807, 2.05) is 0 Å². The van der Waals surface area contributed by atoms with Crippen molar-refractivity contribution in [3.63, 3.8) is 0 Å². The molecule has 0 radical (unpaired) electrons. The fourth-order valence-electron chi connectivity index (χ4n) is 3.24. The highest BCUT2D eigenvalue weighted by atomic mass is 16.5. The van der Waals surface area contributed by atoms with Crippen LogP contribution in [0.15, 0.2) is 0 Å². The second-order valence-electron chi connectivity index (χ2n) is 6.59. The average molecular weight is 302 g/mol. The Kier molecular flexibility index (Phi) is 7.63. The van der Waals surface area contributed by atoms with Gasteiger partial charge >= 0.3 is 5.97 Å². The number of rotatable bonds is 9. The van der Waals surface area contributed by atoms with Gasteiger partial charge in [0.2, 0.25) is 0 Å². The van der Waals surface area contributed by atoms with Crippen LogP contribution in [0.5, 0.6) is 0 Å². The van der Waals surface area contributed by atoms with Gasteiger partial charge in [0, 0.05) is 7.11 Å². The fraction of sp³-hybridized carbons (Fsp3) is 0.938. The molecule has 0 aromatic rings. The van der Waals surface area contributed by atoms with Crippen LogP contribution in [0.1, 0.15) is 46.0 Å². The molecule has 5 nitrogen and oxygen atoms in total. The third-order valence-electron chi connectivity index (χ3n) is 4.75. The Morgan fingerprint density at radius 3 is 2.38 bits per heavy atom. The summed E-state index contributed by atoms with van der Waals surface area (Å²) in [6, 6.07) is 0. The molecule has 1 aliphatic carbocycles. The lowest BCUT2D eigenvalue weighted by molar-refractivity contribution is -0.155. The maximum atomic E-state index is 11.7. The Morgan fingerprint density at radius 1 is 1.29 bits per heavy atom. The first-order valence-corrected chi connectivity index (χ1v) is 7.89. The second-order valence-corrected chi connectivity index (χ2v) is 6.59. The molecule has 0 spiro atoms. The molecule has 0 aromatic heterocycles. The summed E-state index contributed by atoms with van der Waals surface area (Å²) in [4.78, 5) is 11.7. The fourth-order valence-corrected chi connectivity index (χ4v) is 3.24. The number of ether oxygens (including phenoxy) is 2. The lowest BCUT2D eigenvalue weighted by atomic mass is 9.65. The first-order valence-electron chi connectivity index (χ1n) is 7.89. The summed E-state index contributed by atoms with van der Waals surface area (Å²) in [7, 11) is 1.59. The van der Waals surface area contributed by atoms with Gasteiger partial charge in [-0.3, -0.25) is 4.79 Å². The highest BCUT2D eigenvalue weighted by molar-refractivity contribution is 5.74. The molecule has 1 atom stereocenters. The van der Waals surface area contributed by atoms with Crippen molar-refractivity contribution in [1.82, 2.24) is 0 Å². The van der Waals surface area contributed by atoms with E-state index in [2.05, 4.69) is 13.8 Å². The van der Waals surface area contributed by atoms with Gasteiger partial charge in [-0.1, -0.05) is 13.8 Å². The summed E-state index contributed by atoms with van der Waals surface area (Å²) in [6.07, 6.45) is 2.72. The van der Waals surface area contributed by atoms with Crippen molar-refractivity contribution in [2.24, 2.45) is 17.3 Å². The lowest BCUT2D eigenvalue weighted by Crippen LogP contribution is -2.40. The number of carboxylic acid groups (broad SMARTS) is 1. The van der Waals surface area contributed by atoms with Crippen LogP contribution in [0.3, 0.4) is 0 Å². The molecule has 1 fully saturated rings. The van der Waals surface area contributed by atoms with E-state index in [1.165, 1.54) is 0 Å². The molecule has 1 rings (SSSR count). The predicted molar refractivity (Wildman–Crippen MR) is 80.2 cm³/mol. The smallest absolute Gasteiger partial charge is 0.309 e. The zero-order chi connectivity index (χ0) is 15.9. The van der Waals surface area contributed by atoms with Crippen LogP contribution in [0.4, 0.5) is 0 Å². The molecule has 21 heavy (non-hydrogen) atoms. The van der Waals surface area contributed by atoms with Crippen LogP contribution in [-0.4, -0.2) is 49.2 Å². The second kappa shape index (κ2) is 8.71. The predicted octanol–water partition coefficient (Wildman–Crippen LogP) is 2.32. The number of carbonyl (C=O) groups is 1. The van der Waals surface area contributed by atoms with Crippen LogP contribution < -0.4 is 0 Å². The number of aliphatic hydroxyl groups excluding tert-OH is 1. The van der Waals surface area contributed by atoms with Gasteiger partial charge in [0.05, 0.1) is 31.3 Å². The van der Waals surface area contributed by atoms with E-state index < -0.39 is 17.5 Å². The van der Waals surface area contributed by atoms with Crippen LogP contribution in [-0.2, 0) is 14.3 Å². The first-order chi connectivity index (χ1) is 9.91. The minimum absolute atomic E-state index is 0.173. The minimum atomic E-state index is -0.782. The molecular formula is C16H30O5. The summed E-state index contributed by atoms with van der Waals surface area (Å²) >= 11 is 0. The molecule has 0 bridgehead atoms. The molecular weight excluding hydrogens is 272 g/mol. The van der Waals surface area contributed by atoms with Crippen LogP contribution >= 0.6 is 0 Å². The van der Waals surface area contributed by atoms with Gasteiger partial charge in [-0.05, 0) is 43.9 Å². The van der Waals surface area contributed by atoms with Crippen LogP contribution in [0, 0.1) is 17.3 Å². The van der Waals surface area contributed by atoms with E-state index in [0.717, 1.165) is 12.8 Å². The SMILES string of the molecule is COCCOCC(O)CC1(C(=O)O)CCC(C(C)C)CC1. The normalized spacial score (nSPS) is 27.8. The molecule has 1 unspecified atom stereocenters. The number of aliphatic hydroxyl groups is 1. The van der Waals surface area contributed by atoms with Crippen molar-refractivity contribution >= 4 is 5.97 Å². The molecule has 0 aromatic carbocycles. The molecule has 0 aliphatic heterocycles. The third kappa shape index (κ3) is 5.57. The van der Waals surface area contributed by atoms with Gasteiger partial charge in [0.15, 0.2) is 0 Å². The van der Waals surface area contributed by atoms with Gasteiger partial charge < -0.3 is 19.7 Å². The van der Waals surface area contributed by atoms with Gasteiger partial charge in [-0.2, -0.15) is 0 Å². The van der Waals surface area contributed by atoms with E-state index in [1.54, 1.807) is 7.11 Å². The number of carboxylic acids is 1. The van der Waals surface area contributed by atoms with Crippen molar-refractivity contribution in [1.29, 1.82) is 0 Å². The van der Waals surface area contributed by atoms with Crippen molar-refractivity contribution < 1.29 is 24.5 Å². The number of hydrogen-bond donors (Lipinski definition) is 2. The van der Waals surface area contributed by atoms with Crippen LogP contribution in [0.2, 0.25) is 0 Å². The maximum absolute atomic E-state index is 11.7. The summed E-state index contributed by atoms with van der Waals surface area (Å²) in [5.41, 5.74) is -0.782. The highest BCUT2D eigenvalue weighted by Crippen LogP contribution is 2.44. The summed E-state index contributed by atoms with van der Waals surface area (Å²) in [5, 5.41) is 19.7. The number of aliphatic carboxylic acids is 1. The zero-order valence-electron chi connectivity index (χ0n) is 13.5. The molecule has 1 saturated carbocycles. The van der Waals surface area contributed by atoms with Crippen molar-refractivity contribution in [2.45, 2.75) is 52.1 Å². The first kappa shape index (κ1) is 18.4. The molecule has 124 valence electrons. The van der Waals surface area contributed by atoms with Crippen molar-refractivity contribution in [3.05, 3.63) is 0 Å². The Labute approximate surface area is 127 Å². The van der Waals surface area contributed by atoms with Crippen molar-refractivity contribution in [3.8, 4) is 0 Å². The van der Waals surface area contributed by atoms with Gasteiger partial charge in [0.1, 0.15) is 0 Å². The molecule has 0 saturated heterocycles. The Bertz CT molecular complexity index is 308. The molecule has 5 heteroatoms. The maximum Gasteiger partial charge on any atom is 0.309 e. The van der Waals surface area contributed by atoms with E-state index in [0.29, 0.717) is 37.9 Å². The quantitative estimate of drug-likeness (QED) is 0.639. The number of hydrogen-bond acceptors (Lipinski definition) is 4. The number of methoxy groups -OCH3 is 1. The lowest BCUT2D eigenvalue weighted by Gasteiger charge is -2.39. The van der Waals surface area contributed by atoms with Gasteiger partial charge in [-0.25, -0.2) is 0 Å². The largest absolute Gasteiger partial charge is 0.481 e. The molecule has 2 N–H and O–H groups in total. The van der Waals surface area contributed by atoms with Crippen LogP contribution in [0.25, 0.3) is 0 Å². The average Bonchev–Trinajstić information content (AvgIpc) is 2.44. The monoisotopic (exact) mass is 302 g/mol. The third-order valence-corrected chi connectivity index (χ3v) is 4.75. The van der Waals surface area contributed by atoms with E-state index in [-0.39, 0.29) is 13.0 Å². The Morgan fingerprint density at radius 2 is 1.90 bits per heavy atom. The summed E-state index contributed by atoms with van der Waals surface area (Å²) in [6.45, 7) is 5.45. The molecule has 1 aliphatic rings. The standard InChI is InChI=1S/C16H30O5/c1-12(2)13-4-6-16(7-5-13,15(18)19)10-14(17)11-21-9-8-20-3/h12-14,17H,4-11H2,1-3H3,(H,18,19). The Hall–Kier alpha value is -0.650. The van der Waals surface area contributed by atoms with Crippen molar-refractivity contribution in [2.75, 3.05) is 26.9 Å². The summed E-state index contributed by atoms with van der Waals surface area (Å²) in [5.74, 6) is 0.423. The van der Waals surface area contributed by atoms with Gasteiger partial charge in [0.25, 0.3) is 0 Å². The highest BCUT2D eigenvalue weighted by Gasteiger charge is 2.43. The van der Waals surface area contributed by atoms with E-state index in [9.17, 15) is 15.0 Å². The van der Waals surface area contributed by atoms with E-state index in [4.69, 9.17) is 9.47 Å². The topological polar surface area (TPSA) is 76.0 Å². The summed E-state index contributed by atoms with van der Waals surface area (Å²) < 4.78 is 10.2. The van der Waals surface area contributed by atoms with Gasteiger partial charge in [-0.15, -0.1) is 0 Å². The zero-order valence-corrected chi connectivity index (χ0v) is 13.5. The Balaban J connectivity index is 2.48. The van der Waals surface area contributed by atoms with E-state index >= 15 is 0 Å². The molecule has 0 amide bonds.